The zero-order valence-electron chi connectivity index (χ0n) is 12.6. The van der Waals surface area contributed by atoms with Crippen molar-refractivity contribution in [3.05, 3.63) is 36.4 Å². The van der Waals surface area contributed by atoms with Gasteiger partial charge in [-0.2, -0.15) is 0 Å². The summed E-state index contributed by atoms with van der Waals surface area (Å²) in [7, 11) is 0. The Hall–Kier alpha value is -2.28. The fourth-order valence-electron chi connectivity index (χ4n) is 3.01. The Kier molecular flexibility index (Phi) is 4.02. The van der Waals surface area contributed by atoms with E-state index in [0.717, 1.165) is 41.4 Å². The van der Waals surface area contributed by atoms with Crippen LogP contribution < -0.4 is 9.64 Å². The van der Waals surface area contributed by atoms with Crippen LogP contribution in [0.15, 0.2) is 36.4 Å². The molecule has 7 heteroatoms. The van der Waals surface area contributed by atoms with Crippen LogP contribution in [-0.2, 0) is 0 Å². The molecule has 1 saturated heterocycles. The molecule has 0 spiro atoms. The molecule has 118 valence electrons. The fourth-order valence-corrected chi connectivity index (χ4v) is 3.51. The van der Waals surface area contributed by atoms with Gasteiger partial charge < -0.3 is 9.64 Å². The van der Waals surface area contributed by atoms with Gasteiger partial charge in [-0.1, -0.05) is 11.3 Å². The van der Waals surface area contributed by atoms with Crippen molar-refractivity contribution in [2.24, 2.45) is 5.92 Å². The molecule has 1 atom stereocenters. The van der Waals surface area contributed by atoms with Gasteiger partial charge in [0.25, 0.3) is 5.19 Å². The highest BCUT2D eigenvalue weighted by Gasteiger charge is 2.23. The standard InChI is InChI=1S/C16H17N5OS/c1-2-12(10-22-16-18-5-7-23-16)9-21(6-1)15-13-3-4-17-8-14(13)19-11-20-15/h3-5,7-8,11-12H,1-2,6,9-10H2. The summed E-state index contributed by atoms with van der Waals surface area (Å²) in [6, 6.07) is 1.99. The third-order valence-corrected chi connectivity index (χ3v) is 4.77. The molecule has 0 bridgehead atoms. The minimum atomic E-state index is 0.486. The van der Waals surface area contributed by atoms with Gasteiger partial charge in [-0.25, -0.2) is 15.0 Å². The van der Waals surface area contributed by atoms with E-state index in [2.05, 4.69) is 24.8 Å². The molecule has 1 aliphatic heterocycles. The maximum Gasteiger partial charge on any atom is 0.273 e. The van der Waals surface area contributed by atoms with E-state index >= 15 is 0 Å². The van der Waals surface area contributed by atoms with Gasteiger partial charge in [-0.05, 0) is 18.9 Å². The highest BCUT2D eigenvalue weighted by molar-refractivity contribution is 7.11. The van der Waals surface area contributed by atoms with Crippen molar-refractivity contribution in [1.29, 1.82) is 0 Å². The van der Waals surface area contributed by atoms with Gasteiger partial charge in [0.1, 0.15) is 12.1 Å². The van der Waals surface area contributed by atoms with E-state index in [1.54, 1.807) is 24.9 Å². The summed E-state index contributed by atoms with van der Waals surface area (Å²) < 4.78 is 5.80. The molecule has 0 aliphatic carbocycles. The Morgan fingerprint density at radius 2 is 2.26 bits per heavy atom. The molecule has 0 radical (unpaired) electrons. The van der Waals surface area contributed by atoms with Crippen LogP contribution >= 0.6 is 11.3 Å². The van der Waals surface area contributed by atoms with Gasteiger partial charge in [-0.3, -0.25) is 4.98 Å². The van der Waals surface area contributed by atoms with E-state index < -0.39 is 0 Å². The molecule has 4 rings (SSSR count). The first-order chi connectivity index (χ1) is 11.4. The second-order valence-electron chi connectivity index (χ2n) is 5.65. The molecule has 0 N–H and O–H groups in total. The molecule has 1 unspecified atom stereocenters. The lowest BCUT2D eigenvalue weighted by Gasteiger charge is -2.33. The van der Waals surface area contributed by atoms with Crippen LogP contribution in [0.3, 0.4) is 0 Å². The highest BCUT2D eigenvalue weighted by atomic mass is 32.1. The monoisotopic (exact) mass is 327 g/mol. The molecule has 4 heterocycles. The number of piperidine rings is 1. The smallest absolute Gasteiger partial charge is 0.273 e. The number of rotatable bonds is 4. The van der Waals surface area contributed by atoms with Gasteiger partial charge in [0, 0.05) is 42.2 Å². The van der Waals surface area contributed by atoms with Gasteiger partial charge >= 0.3 is 0 Å². The molecule has 6 nitrogen and oxygen atoms in total. The van der Waals surface area contributed by atoms with Gasteiger partial charge in [0.15, 0.2) is 0 Å². The third kappa shape index (κ3) is 3.10. The number of hydrogen-bond acceptors (Lipinski definition) is 7. The van der Waals surface area contributed by atoms with Crippen molar-refractivity contribution in [3.63, 3.8) is 0 Å². The molecular weight excluding hydrogens is 310 g/mol. The minimum Gasteiger partial charge on any atom is -0.470 e. The highest BCUT2D eigenvalue weighted by Crippen LogP contribution is 2.27. The minimum absolute atomic E-state index is 0.486. The summed E-state index contributed by atoms with van der Waals surface area (Å²) in [6.45, 7) is 2.66. The van der Waals surface area contributed by atoms with Crippen molar-refractivity contribution in [2.45, 2.75) is 12.8 Å². The molecule has 0 aromatic carbocycles. The molecule has 1 fully saturated rings. The summed E-state index contributed by atoms with van der Waals surface area (Å²) in [4.78, 5) is 19.5. The van der Waals surface area contributed by atoms with E-state index in [9.17, 15) is 0 Å². The molecule has 0 saturated carbocycles. The Labute approximate surface area is 138 Å². The van der Waals surface area contributed by atoms with Crippen LogP contribution in [0.4, 0.5) is 5.82 Å². The van der Waals surface area contributed by atoms with Crippen LogP contribution in [0.25, 0.3) is 10.9 Å². The molecule has 1 aliphatic rings. The van der Waals surface area contributed by atoms with Gasteiger partial charge in [0.2, 0.25) is 0 Å². The lowest BCUT2D eigenvalue weighted by Crippen LogP contribution is -2.38. The number of aromatic nitrogens is 4. The largest absolute Gasteiger partial charge is 0.470 e. The van der Waals surface area contributed by atoms with Crippen molar-refractivity contribution >= 4 is 28.1 Å². The summed E-state index contributed by atoms with van der Waals surface area (Å²) in [5.74, 6) is 1.48. The van der Waals surface area contributed by atoms with Crippen LogP contribution in [0.1, 0.15) is 12.8 Å². The Morgan fingerprint density at radius 3 is 3.17 bits per heavy atom. The maximum atomic E-state index is 5.80. The van der Waals surface area contributed by atoms with E-state index in [1.165, 1.54) is 17.8 Å². The second kappa shape index (κ2) is 6.45. The summed E-state index contributed by atoms with van der Waals surface area (Å²) >= 11 is 1.54. The van der Waals surface area contributed by atoms with Gasteiger partial charge in [-0.15, -0.1) is 0 Å². The van der Waals surface area contributed by atoms with Crippen LogP contribution in [0, 0.1) is 5.92 Å². The first-order valence-corrected chi connectivity index (χ1v) is 8.60. The summed E-state index contributed by atoms with van der Waals surface area (Å²) in [5.41, 5.74) is 0.888. The third-order valence-electron chi connectivity index (χ3n) is 4.09. The predicted molar refractivity (Wildman–Crippen MR) is 89.9 cm³/mol. The first-order valence-electron chi connectivity index (χ1n) is 7.72. The lowest BCUT2D eigenvalue weighted by molar-refractivity contribution is 0.228. The lowest BCUT2D eigenvalue weighted by atomic mass is 9.99. The SMILES string of the molecule is c1cc2c(N3CCCC(COc4nccs4)C3)ncnc2cn1. The topological polar surface area (TPSA) is 64.0 Å². The zero-order valence-corrected chi connectivity index (χ0v) is 13.4. The number of anilines is 1. The van der Waals surface area contributed by atoms with Crippen LogP contribution in [0.2, 0.25) is 0 Å². The van der Waals surface area contributed by atoms with Crippen LogP contribution in [0.5, 0.6) is 5.19 Å². The van der Waals surface area contributed by atoms with Crippen molar-refractivity contribution in [1.82, 2.24) is 19.9 Å². The van der Waals surface area contributed by atoms with E-state index in [4.69, 9.17) is 4.74 Å². The number of hydrogen-bond donors (Lipinski definition) is 0. The predicted octanol–water partition coefficient (Wildman–Crippen LogP) is 2.78. The molecule has 23 heavy (non-hydrogen) atoms. The molecule has 0 amide bonds. The maximum absolute atomic E-state index is 5.80. The summed E-state index contributed by atoms with van der Waals surface area (Å²) in [5, 5.41) is 3.74. The van der Waals surface area contributed by atoms with Gasteiger partial charge in [0.05, 0.1) is 18.3 Å². The van der Waals surface area contributed by atoms with Crippen molar-refractivity contribution in [2.75, 3.05) is 24.6 Å². The van der Waals surface area contributed by atoms with E-state index in [0.29, 0.717) is 12.5 Å². The Balaban J connectivity index is 1.50. The average molecular weight is 327 g/mol. The molecule has 3 aromatic heterocycles. The Morgan fingerprint density at radius 1 is 1.26 bits per heavy atom. The number of ether oxygens (including phenoxy) is 1. The number of nitrogens with zero attached hydrogens (tertiary/aromatic N) is 5. The number of fused-ring (bicyclic) bond motifs is 1. The van der Waals surface area contributed by atoms with E-state index in [1.807, 2.05) is 11.4 Å². The van der Waals surface area contributed by atoms with Crippen LogP contribution in [-0.4, -0.2) is 39.6 Å². The normalized spacial score (nSPS) is 18.3. The Bertz CT molecular complexity index is 774. The first kappa shape index (κ1) is 14.3. The van der Waals surface area contributed by atoms with Crippen molar-refractivity contribution in [3.8, 4) is 5.19 Å². The number of pyridine rings is 1. The fraction of sp³-hybridized carbons (Fsp3) is 0.375. The molecule has 3 aromatic rings. The quantitative estimate of drug-likeness (QED) is 0.734. The average Bonchev–Trinajstić information content (AvgIpc) is 3.13. The zero-order chi connectivity index (χ0) is 15.5. The van der Waals surface area contributed by atoms with E-state index in [-0.39, 0.29) is 0 Å². The second-order valence-corrected chi connectivity index (χ2v) is 6.51. The number of thiazole rings is 1. The van der Waals surface area contributed by atoms with Crippen molar-refractivity contribution < 1.29 is 4.74 Å². The molecular formula is C16H17N5OS. The summed E-state index contributed by atoms with van der Waals surface area (Å²) in [6.07, 6.45) is 9.29.